The number of hydrogen-bond donors (Lipinski definition) is 0. The van der Waals surface area contributed by atoms with Crippen LogP contribution in [0.3, 0.4) is 0 Å². The predicted molar refractivity (Wildman–Crippen MR) is 159 cm³/mol. The van der Waals surface area contributed by atoms with Crippen molar-refractivity contribution >= 4 is 23.5 Å². The summed E-state index contributed by atoms with van der Waals surface area (Å²) in [4.78, 5) is 2.46. The van der Waals surface area contributed by atoms with Crippen molar-refractivity contribution in [2.75, 3.05) is 6.61 Å². The molecule has 0 saturated carbocycles. The van der Waals surface area contributed by atoms with Crippen molar-refractivity contribution in [2.24, 2.45) is 0 Å². The maximum atomic E-state index is 5.97. The van der Waals surface area contributed by atoms with E-state index in [0.717, 1.165) is 22.3 Å². The fraction of sp³-hybridized carbons (Fsp3) is 0.333. The molecule has 0 fully saturated rings. The molecule has 0 aliphatic carbocycles. The van der Waals surface area contributed by atoms with Gasteiger partial charge in [0.2, 0.25) is 0 Å². The van der Waals surface area contributed by atoms with E-state index >= 15 is 0 Å². The third kappa shape index (κ3) is 8.02. The fourth-order valence-corrected chi connectivity index (χ4v) is 5.57. The molecular weight excluding hydrogens is 508 g/mol. The second kappa shape index (κ2) is 11.8. The summed E-state index contributed by atoms with van der Waals surface area (Å²) in [6, 6.07) is 20.5. The Morgan fingerprint density at radius 2 is 1.03 bits per heavy atom. The van der Waals surface area contributed by atoms with Crippen LogP contribution >= 0.6 is 23.5 Å². The van der Waals surface area contributed by atoms with Gasteiger partial charge >= 0.3 is 6.48 Å². The topological polar surface area (TPSA) is 27.7 Å². The lowest BCUT2D eigenvalue weighted by Gasteiger charge is -2.17. The minimum atomic E-state index is -0.805. The molecule has 0 amide bonds. The van der Waals surface area contributed by atoms with Gasteiger partial charge in [-0.15, -0.1) is 23.5 Å². The van der Waals surface area contributed by atoms with E-state index in [9.17, 15) is 0 Å². The van der Waals surface area contributed by atoms with Crippen LogP contribution in [0, 0.1) is 23.7 Å². The van der Waals surface area contributed by atoms with Gasteiger partial charge in [-0.3, -0.25) is 0 Å². The van der Waals surface area contributed by atoms with Crippen molar-refractivity contribution in [3.05, 3.63) is 82.9 Å². The highest BCUT2D eigenvalue weighted by molar-refractivity contribution is 8.00. The zero-order valence-corrected chi connectivity index (χ0v) is 24.7. The summed E-state index contributed by atoms with van der Waals surface area (Å²) in [6.07, 6.45) is 0. The molecule has 1 aliphatic rings. The Morgan fingerprint density at radius 3 is 1.37 bits per heavy atom. The molecule has 1 aliphatic heterocycles. The van der Waals surface area contributed by atoms with Crippen LogP contribution < -0.4 is 9.47 Å². The van der Waals surface area contributed by atoms with E-state index in [2.05, 4.69) is 89.5 Å². The molecule has 0 radical (unpaired) electrons. The summed E-state index contributed by atoms with van der Waals surface area (Å²) < 4.78 is 17.9. The number of benzene rings is 3. The van der Waals surface area contributed by atoms with Gasteiger partial charge in [-0.05, 0) is 67.6 Å². The SMILES string of the molecule is CCOC1Oc2c(C#Cc3ccc(SC(C)(C)C)cc3)ccc(C#Cc3ccc(SC(C)(C)C)cc3)c2O1. The van der Waals surface area contributed by atoms with Crippen LogP contribution in [-0.2, 0) is 4.74 Å². The average molecular weight is 543 g/mol. The second-order valence-electron chi connectivity index (χ2n) is 10.8. The predicted octanol–water partition coefficient (Wildman–Crippen LogP) is 8.36. The largest absolute Gasteiger partial charge is 0.427 e. The van der Waals surface area contributed by atoms with Gasteiger partial charge in [-0.1, -0.05) is 65.2 Å². The highest BCUT2D eigenvalue weighted by Crippen LogP contribution is 2.41. The Balaban J connectivity index is 1.58. The van der Waals surface area contributed by atoms with Crippen LogP contribution in [0.1, 0.15) is 70.7 Å². The number of fused-ring (bicyclic) bond motifs is 1. The van der Waals surface area contributed by atoms with Crippen molar-refractivity contribution < 1.29 is 14.2 Å². The van der Waals surface area contributed by atoms with Gasteiger partial charge in [0.05, 0.1) is 17.7 Å². The summed E-state index contributed by atoms with van der Waals surface area (Å²) in [7, 11) is 0. The molecule has 38 heavy (non-hydrogen) atoms. The molecule has 0 unspecified atom stereocenters. The molecule has 0 saturated heterocycles. The zero-order valence-electron chi connectivity index (χ0n) is 23.1. The van der Waals surface area contributed by atoms with Crippen molar-refractivity contribution in [3.63, 3.8) is 0 Å². The number of thioether (sulfide) groups is 2. The van der Waals surface area contributed by atoms with E-state index in [1.54, 1.807) is 0 Å². The minimum Gasteiger partial charge on any atom is -0.427 e. The van der Waals surface area contributed by atoms with Crippen molar-refractivity contribution in [3.8, 4) is 35.2 Å². The van der Waals surface area contributed by atoms with Gasteiger partial charge in [0.1, 0.15) is 0 Å². The van der Waals surface area contributed by atoms with Crippen LogP contribution in [0.5, 0.6) is 11.5 Å². The van der Waals surface area contributed by atoms with Gasteiger partial charge in [-0.25, -0.2) is 0 Å². The van der Waals surface area contributed by atoms with Gasteiger partial charge in [0, 0.05) is 30.4 Å². The molecular formula is C33H34O3S2. The maximum absolute atomic E-state index is 5.97. The second-order valence-corrected chi connectivity index (χ2v) is 14.6. The van der Waals surface area contributed by atoms with Gasteiger partial charge in [0.15, 0.2) is 11.5 Å². The smallest absolute Gasteiger partial charge is 0.361 e. The molecule has 4 rings (SSSR count). The molecule has 0 bridgehead atoms. The highest BCUT2D eigenvalue weighted by atomic mass is 32.2. The lowest BCUT2D eigenvalue weighted by atomic mass is 10.1. The van der Waals surface area contributed by atoms with Crippen LogP contribution in [0.4, 0.5) is 0 Å². The van der Waals surface area contributed by atoms with Gasteiger partial charge < -0.3 is 14.2 Å². The van der Waals surface area contributed by atoms with E-state index < -0.39 is 6.48 Å². The van der Waals surface area contributed by atoms with Crippen LogP contribution in [-0.4, -0.2) is 22.6 Å². The van der Waals surface area contributed by atoms with Gasteiger partial charge in [-0.2, -0.15) is 0 Å². The first-order chi connectivity index (χ1) is 18.0. The number of rotatable bonds is 4. The molecule has 3 aromatic carbocycles. The maximum Gasteiger partial charge on any atom is 0.361 e. The summed E-state index contributed by atoms with van der Waals surface area (Å²) in [5, 5.41) is 0. The van der Waals surface area contributed by atoms with E-state index in [1.165, 1.54) is 9.79 Å². The van der Waals surface area contributed by atoms with E-state index in [4.69, 9.17) is 14.2 Å². The van der Waals surface area contributed by atoms with E-state index in [-0.39, 0.29) is 9.49 Å². The van der Waals surface area contributed by atoms with Crippen LogP contribution in [0.15, 0.2) is 70.5 Å². The number of ether oxygens (including phenoxy) is 3. The Bertz CT molecular complexity index is 1280. The van der Waals surface area contributed by atoms with Gasteiger partial charge in [0.25, 0.3) is 0 Å². The lowest BCUT2D eigenvalue weighted by Crippen LogP contribution is -2.21. The standard InChI is InChI=1S/C33H34O3S2/c1-8-34-31-35-29-25(15-9-23-11-19-27(20-12-23)37-32(2,3)4)17-18-26(30(29)36-31)16-10-24-13-21-28(22-14-24)38-33(5,6)7/h11-14,17-22,31H,8H2,1-7H3. The van der Waals surface area contributed by atoms with Crippen molar-refractivity contribution in [2.45, 2.75) is 74.2 Å². The number of hydrogen-bond acceptors (Lipinski definition) is 5. The molecule has 3 aromatic rings. The molecule has 3 nitrogen and oxygen atoms in total. The molecule has 0 atom stereocenters. The fourth-order valence-electron chi connectivity index (χ4n) is 3.61. The zero-order chi connectivity index (χ0) is 27.3. The summed E-state index contributed by atoms with van der Waals surface area (Å²) in [5.41, 5.74) is 3.36. The summed E-state index contributed by atoms with van der Waals surface area (Å²) >= 11 is 3.68. The monoisotopic (exact) mass is 542 g/mol. The Hall–Kier alpha value is -2.96. The highest BCUT2D eigenvalue weighted by Gasteiger charge is 2.29. The first kappa shape index (κ1) is 28.1. The Morgan fingerprint density at radius 1 is 0.632 bits per heavy atom. The van der Waals surface area contributed by atoms with Crippen molar-refractivity contribution in [1.29, 1.82) is 0 Å². The minimum absolute atomic E-state index is 0.168. The molecule has 5 heteroatoms. The van der Waals surface area contributed by atoms with Crippen LogP contribution in [0.2, 0.25) is 0 Å². The third-order valence-corrected chi connectivity index (χ3v) is 7.32. The normalized spacial score (nSPS) is 12.9. The third-order valence-electron chi connectivity index (χ3n) is 5.08. The van der Waals surface area contributed by atoms with E-state index in [1.807, 2.05) is 66.8 Å². The molecule has 196 valence electrons. The summed E-state index contributed by atoms with van der Waals surface area (Å²) in [5.74, 6) is 14.1. The lowest BCUT2D eigenvalue weighted by molar-refractivity contribution is -0.173. The molecule has 1 heterocycles. The Labute approximate surface area is 236 Å². The first-order valence-corrected chi connectivity index (χ1v) is 14.4. The summed E-state index contributed by atoms with van der Waals surface area (Å²) in [6.45, 7) is 14.8. The van der Waals surface area contributed by atoms with Crippen molar-refractivity contribution in [1.82, 2.24) is 0 Å². The average Bonchev–Trinajstić information content (AvgIpc) is 3.26. The van der Waals surface area contributed by atoms with E-state index in [0.29, 0.717) is 18.1 Å². The van der Waals surface area contributed by atoms with Crippen LogP contribution in [0.25, 0.3) is 0 Å². The molecule has 0 N–H and O–H groups in total. The quantitative estimate of drug-likeness (QED) is 0.244. The first-order valence-electron chi connectivity index (χ1n) is 12.7. The Kier molecular flexibility index (Phi) is 8.74. The molecule has 0 aromatic heterocycles. The molecule has 0 spiro atoms.